The molecule has 5 nitrogen and oxygen atoms in total. The molecule has 0 bridgehead atoms. The number of benzene rings is 2. The molecule has 5 rings (SSSR count). The standard InChI is InChI=1S/C26H27N3O2/c1-26(2)13-21(27-15-30)24-22(14-26)28-20(12-16-8-10-17(31-3)11-9-16)25-23(24)18-6-4-5-7-19(18)29-25/h4-11,15,21,29H,12-14H2,1-3H3,(H,27,30). The number of hydrogen-bond donors (Lipinski definition) is 2. The van der Waals surface area contributed by atoms with Crippen molar-refractivity contribution in [2.75, 3.05) is 7.11 Å². The van der Waals surface area contributed by atoms with Gasteiger partial charge in [0, 0.05) is 34.0 Å². The molecule has 158 valence electrons. The van der Waals surface area contributed by atoms with Crippen LogP contribution in [0.3, 0.4) is 0 Å². The Morgan fingerprint density at radius 2 is 1.97 bits per heavy atom. The summed E-state index contributed by atoms with van der Waals surface area (Å²) in [5, 5.41) is 5.45. The van der Waals surface area contributed by atoms with Crippen LogP contribution in [0, 0.1) is 5.41 Å². The minimum Gasteiger partial charge on any atom is -0.497 e. The third-order valence-corrected chi connectivity index (χ3v) is 6.40. The summed E-state index contributed by atoms with van der Waals surface area (Å²) in [6, 6.07) is 16.5. The molecule has 1 unspecified atom stereocenters. The van der Waals surface area contributed by atoms with E-state index in [0.29, 0.717) is 0 Å². The first-order chi connectivity index (χ1) is 15.0. The number of hydrogen-bond acceptors (Lipinski definition) is 3. The van der Waals surface area contributed by atoms with E-state index in [1.54, 1.807) is 7.11 Å². The molecule has 0 fully saturated rings. The van der Waals surface area contributed by atoms with Crippen LogP contribution in [0.15, 0.2) is 48.5 Å². The molecule has 1 aliphatic rings. The lowest BCUT2D eigenvalue weighted by Crippen LogP contribution is -2.34. The Labute approximate surface area is 181 Å². The van der Waals surface area contributed by atoms with Gasteiger partial charge in [0.2, 0.25) is 6.41 Å². The minimum absolute atomic E-state index is 0.0412. The van der Waals surface area contributed by atoms with Gasteiger partial charge in [0.05, 0.1) is 24.4 Å². The molecule has 1 aliphatic carbocycles. The van der Waals surface area contributed by atoms with E-state index in [1.165, 1.54) is 16.3 Å². The minimum atomic E-state index is -0.0412. The second kappa shape index (κ2) is 7.41. The topological polar surface area (TPSA) is 67.0 Å². The molecule has 0 saturated heterocycles. The maximum atomic E-state index is 11.4. The summed E-state index contributed by atoms with van der Waals surface area (Å²) in [5.41, 5.74) is 6.71. The van der Waals surface area contributed by atoms with Crippen LogP contribution in [-0.4, -0.2) is 23.5 Å². The number of methoxy groups -OCH3 is 1. The Morgan fingerprint density at radius 1 is 1.19 bits per heavy atom. The molecular weight excluding hydrogens is 386 g/mol. The van der Waals surface area contributed by atoms with Gasteiger partial charge in [0.1, 0.15) is 5.75 Å². The predicted molar refractivity (Wildman–Crippen MR) is 123 cm³/mol. The Hall–Kier alpha value is -3.34. The van der Waals surface area contributed by atoms with Crippen molar-refractivity contribution in [2.24, 2.45) is 5.41 Å². The number of H-pyrrole nitrogens is 1. The lowest BCUT2D eigenvalue weighted by molar-refractivity contribution is -0.110. The summed E-state index contributed by atoms with van der Waals surface area (Å²) < 4.78 is 5.30. The largest absolute Gasteiger partial charge is 0.497 e. The smallest absolute Gasteiger partial charge is 0.207 e. The summed E-state index contributed by atoms with van der Waals surface area (Å²) >= 11 is 0. The van der Waals surface area contributed by atoms with E-state index >= 15 is 0 Å². The van der Waals surface area contributed by atoms with E-state index in [-0.39, 0.29) is 11.5 Å². The van der Waals surface area contributed by atoms with Crippen LogP contribution >= 0.6 is 0 Å². The number of pyridine rings is 1. The molecule has 5 heteroatoms. The lowest BCUT2D eigenvalue weighted by Gasteiger charge is -2.37. The fourth-order valence-corrected chi connectivity index (χ4v) is 5.04. The van der Waals surface area contributed by atoms with Crippen LogP contribution in [0.25, 0.3) is 21.8 Å². The second-order valence-electron chi connectivity index (χ2n) is 9.25. The van der Waals surface area contributed by atoms with Crippen LogP contribution in [0.4, 0.5) is 0 Å². The first kappa shape index (κ1) is 19.6. The highest BCUT2D eigenvalue weighted by atomic mass is 16.5. The molecule has 1 amide bonds. The molecule has 2 aromatic heterocycles. The molecule has 1 atom stereocenters. The van der Waals surface area contributed by atoms with Crippen molar-refractivity contribution >= 4 is 28.2 Å². The van der Waals surface area contributed by atoms with Crippen molar-refractivity contribution in [2.45, 2.75) is 39.2 Å². The van der Waals surface area contributed by atoms with Crippen molar-refractivity contribution in [3.05, 3.63) is 71.0 Å². The SMILES string of the molecule is COc1ccc(Cc2nc3c(c4c2[nH]c2ccccc24)C(NC=O)CC(C)(C)C3)cc1. The van der Waals surface area contributed by atoms with Gasteiger partial charge >= 0.3 is 0 Å². The maximum Gasteiger partial charge on any atom is 0.207 e. The van der Waals surface area contributed by atoms with Gasteiger partial charge in [-0.1, -0.05) is 44.2 Å². The Kier molecular flexibility index (Phi) is 4.69. The quantitative estimate of drug-likeness (QED) is 0.449. The zero-order chi connectivity index (χ0) is 21.6. The monoisotopic (exact) mass is 413 g/mol. The number of nitrogens with zero attached hydrogens (tertiary/aromatic N) is 1. The van der Waals surface area contributed by atoms with Crippen LogP contribution in [0.1, 0.15) is 48.8 Å². The summed E-state index contributed by atoms with van der Waals surface area (Å²) in [6.45, 7) is 4.50. The van der Waals surface area contributed by atoms with Gasteiger partial charge in [-0.2, -0.15) is 0 Å². The number of aromatic amines is 1. The number of carbonyl (C=O) groups excluding carboxylic acids is 1. The number of amides is 1. The van der Waals surface area contributed by atoms with Crippen LogP contribution < -0.4 is 10.1 Å². The highest BCUT2D eigenvalue weighted by Gasteiger charge is 2.35. The number of nitrogens with one attached hydrogen (secondary N) is 2. The fraction of sp³-hybridized carbons (Fsp3) is 0.308. The number of para-hydroxylation sites is 1. The van der Waals surface area contributed by atoms with E-state index in [4.69, 9.17) is 9.72 Å². The van der Waals surface area contributed by atoms with Crippen LogP contribution in [0.5, 0.6) is 5.75 Å². The van der Waals surface area contributed by atoms with E-state index in [9.17, 15) is 4.79 Å². The third-order valence-electron chi connectivity index (χ3n) is 6.40. The van der Waals surface area contributed by atoms with Crippen LogP contribution in [0.2, 0.25) is 0 Å². The van der Waals surface area contributed by atoms with Crippen molar-refractivity contribution < 1.29 is 9.53 Å². The molecule has 0 saturated carbocycles. The highest BCUT2D eigenvalue weighted by molar-refractivity contribution is 6.10. The Balaban J connectivity index is 1.75. The molecule has 31 heavy (non-hydrogen) atoms. The first-order valence-corrected chi connectivity index (χ1v) is 10.7. The van der Waals surface area contributed by atoms with Gasteiger partial charge < -0.3 is 15.0 Å². The normalized spacial score (nSPS) is 17.5. The molecular formula is C26H27N3O2. The van der Waals surface area contributed by atoms with Crippen molar-refractivity contribution in [3.8, 4) is 5.75 Å². The highest BCUT2D eigenvalue weighted by Crippen LogP contribution is 2.45. The molecule has 4 aromatic rings. The van der Waals surface area contributed by atoms with Crippen molar-refractivity contribution in [3.63, 3.8) is 0 Å². The van der Waals surface area contributed by atoms with Gasteiger partial charge in [0.15, 0.2) is 0 Å². The summed E-state index contributed by atoms with van der Waals surface area (Å²) in [4.78, 5) is 20.2. The van der Waals surface area contributed by atoms with E-state index in [0.717, 1.165) is 59.4 Å². The molecule has 2 N–H and O–H groups in total. The van der Waals surface area contributed by atoms with E-state index in [2.05, 4.69) is 54.5 Å². The fourth-order valence-electron chi connectivity index (χ4n) is 5.04. The zero-order valence-corrected chi connectivity index (χ0v) is 18.2. The van der Waals surface area contributed by atoms with Gasteiger partial charge in [-0.25, -0.2) is 0 Å². The maximum absolute atomic E-state index is 11.4. The molecule has 2 heterocycles. The van der Waals surface area contributed by atoms with E-state index in [1.807, 2.05) is 18.2 Å². The summed E-state index contributed by atoms with van der Waals surface area (Å²) in [5.74, 6) is 0.849. The zero-order valence-electron chi connectivity index (χ0n) is 18.2. The lowest BCUT2D eigenvalue weighted by atomic mass is 9.72. The number of rotatable bonds is 5. The second-order valence-corrected chi connectivity index (χ2v) is 9.25. The van der Waals surface area contributed by atoms with Gasteiger partial charge in [-0.3, -0.25) is 9.78 Å². The Bertz CT molecular complexity index is 1270. The summed E-state index contributed by atoms with van der Waals surface area (Å²) in [7, 11) is 1.68. The average Bonchev–Trinajstić information content (AvgIpc) is 3.13. The number of fused-ring (bicyclic) bond motifs is 5. The number of carbonyl (C=O) groups is 1. The van der Waals surface area contributed by atoms with Gasteiger partial charge in [0.25, 0.3) is 0 Å². The van der Waals surface area contributed by atoms with Crippen LogP contribution in [-0.2, 0) is 17.6 Å². The van der Waals surface area contributed by atoms with E-state index < -0.39 is 0 Å². The van der Waals surface area contributed by atoms with Gasteiger partial charge in [-0.15, -0.1) is 0 Å². The third kappa shape index (κ3) is 3.44. The molecule has 0 aliphatic heterocycles. The molecule has 2 aromatic carbocycles. The summed E-state index contributed by atoms with van der Waals surface area (Å²) in [6.07, 6.45) is 3.34. The molecule has 0 radical (unpaired) electrons. The predicted octanol–water partition coefficient (Wildman–Crippen LogP) is 5.08. The first-order valence-electron chi connectivity index (χ1n) is 10.7. The van der Waals surface area contributed by atoms with Crippen molar-refractivity contribution in [1.82, 2.24) is 15.3 Å². The molecule has 0 spiro atoms. The number of aromatic nitrogens is 2. The Morgan fingerprint density at radius 3 is 2.71 bits per heavy atom. The number of ether oxygens (including phenoxy) is 1. The van der Waals surface area contributed by atoms with Gasteiger partial charge in [-0.05, 0) is 42.0 Å². The average molecular weight is 414 g/mol. The van der Waals surface area contributed by atoms with Crippen molar-refractivity contribution in [1.29, 1.82) is 0 Å².